The summed E-state index contributed by atoms with van der Waals surface area (Å²) in [6.07, 6.45) is 1.45. The van der Waals surface area contributed by atoms with Crippen molar-refractivity contribution in [2.75, 3.05) is 5.32 Å². The van der Waals surface area contributed by atoms with Gasteiger partial charge in [-0.3, -0.25) is 4.98 Å². The van der Waals surface area contributed by atoms with Crippen molar-refractivity contribution in [1.29, 1.82) is 0 Å². The van der Waals surface area contributed by atoms with E-state index in [0.717, 1.165) is 43.4 Å². The highest BCUT2D eigenvalue weighted by atomic mass is 19.4. The number of carboxylic acid groups (broad SMARTS) is 1. The van der Waals surface area contributed by atoms with Gasteiger partial charge < -0.3 is 15.0 Å². The van der Waals surface area contributed by atoms with E-state index in [1.165, 1.54) is 12.1 Å². The van der Waals surface area contributed by atoms with Crippen molar-refractivity contribution in [2.45, 2.75) is 71.1 Å². The predicted octanol–water partition coefficient (Wildman–Crippen LogP) is 6.77. The van der Waals surface area contributed by atoms with E-state index in [-0.39, 0.29) is 30.0 Å². The Morgan fingerprint density at radius 3 is 2.45 bits per heavy atom. The average molecular weight is 553 g/mol. The van der Waals surface area contributed by atoms with Gasteiger partial charge in [0, 0.05) is 18.8 Å². The number of nitrogens with zero attached hydrogens (tertiary/aromatic N) is 5. The molecule has 1 fully saturated rings. The van der Waals surface area contributed by atoms with Crippen molar-refractivity contribution in [2.24, 2.45) is 5.92 Å². The lowest BCUT2D eigenvalue weighted by Gasteiger charge is -2.32. The summed E-state index contributed by atoms with van der Waals surface area (Å²) < 4.78 is 41.4. The fraction of sp³-hybridized carbons (Fsp3) is 0.414. The number of benzene rings is 1. The lowest BCUT2D eigenvalue weighted by Crippen LogP contribution is -2.31. The molecule has 0 saturated heterocycles. The first-order valence-electron chi connectivity index (χ1n) is 13.5. The minimum atomic E-state index is -4.44. The fourth-order valence-electron chi connectivity index (χ4n) is 4.95. The summed E-state index contributed by atoms with van der Waals surface area (Å²) in [6.45, 7) is 6.39. The molecule has 210 valence electrons. The molecule has 2 unspecified atom stereocenters. The number of fused-ring (bicyclic) bond motifs is 1. The molecular formula is C29H31F3N6O2. The van der Waals surface area contributed by atoms with Crippen LogP contribution >= 0.6 is 0 Å². The Morgan fingerprint density at radius 1 is 1.12 bits per heavy atom. The molecular weight excluding hydrogens is 521 g/mol. The molecule has 3 aromatic heterocycles. The van der Waals surface area contributed by atoms with E-state index in [9.17, 15) is 23.1 Å². The summed E-state index contributed by atoms with van der Waals surface area (Å²) in [6, 6.07) is 8.86. The second-order valence-electron chi connectivity index (χ2n) is 10.5. The van der Waals surface area contributed by atoms with E-state index in [2.05, 4.69) is 34.1 Å². The van der Waals surface area contributed by atoms with Gasteiger partial charge in [-0.2, -0.15) is 13.2 Å². The third kappa shape index (κ3) is 5.50. The first-order chi connectivity index (χ1) is 19.0. The first kappa shape index (κ1) is 27.5. The number of aromatic carboxylic acids is 1. The maximum Gasteiger partial charge on any atom is 0.416 e. The summed E-state index contributed by atoms with van der Waals surface area (Å²) in [4.78, 5) is 29.8. The van der Waals surface area contributed by atoms with Gasteiger partial charge in [0.05, 0.1) is 5.56 Å². The number of carboxylic acids is 1. The molecule has 4 aromatic rings. The van der Waals surface area contributed by atoms with E-state index < -0.39 is 17.7 Å². The van der Waals surface area contributed by atoms with E-state index in [4.69, 9.17) is 4.98 Å². The molecule has 1 aliphatic rings. The van der Waals surface area contributed by atoms with Crippen LogP contribution in [-0.4, -0.2) is 41.6 Å². The molecule has 3 heterocycles. The highest BCUT2D eigenvalue weighted by Crippen LogP contribution is 2.35. The van der Waals surface area contributed by atoms with Crippen molar-refractivity contribution in [3.63, 3.8) is 0 Å². The zero-order valence-electron chi connectivity index (χ0n) is 22.5. The van der Waals surface area contributed by atoms with E-state index in [1.807, 2.05) is 23.6 Å². The van der Waals surface area contributed by atoms with Gasteiger partial charge >= 0.3 is 12.1 Å². The van der Waals surface area contributed by atoms with Crippen LogP contribution in [0.25, 0.3) is 22.7 Å². The molecule has 0 aliphatic heterocycles. The summed E-state index contributed by atoms with van der Waals surface area (Å²) in [5.74, 6) is -0.215. The zero-order chi connectivity index (χ0) is 28.6. The molecule has 40 heavy (non-hydrogen) atoms. The minimum absolute atomic E-state index is 0.0261. The number of imidazole rings is 1. The number of rotatable bonds is 9. The Hall–Kier alpha value is -4.02. The minimum Gasteiger partial charge on any atom is -0.475 e. The van der Waals surface area contributed by atoms with Crippen LogP contribution in [0.15, 0.2) is 42.6 Å². The van der Waals surface area contributed by atoms with Gasteiger partial charge in [0.25, 0.3) is 0 Å². The molecule has 5 rings (SSSR count). The SMILES string of the molecule is CCC(C)c1ccnc(-c2nc3nc(C(=O)O)nc(NC(C)C4CCC4)c3n2Cc2ccc(C(F)(F)F)cc2)c1. The summed E-state index contributed by atoms with van der Waals surface area (Å²) in [7, 11) is 0. The smallest absolute Gasteiger partial charge is 0.416 e. The number of hydrogen-bond acceptors (Lipinski definition) is 6. The van der Waals surface area contributed by atoms with Crippen LogP contribution in [0.2, 0.25) is 0 Å². The van der Waals surface area contributed by atoms with Crippen molar-refractivity contribution in [1.82, 2.24) is 24.5 Å². The molecule has 1 aromatic carbocycles. The van der Waals surface area contributed by atoms with Gasteiger partial charge in [-0.25, -0.2) is 19.7 Å². The van der Waals surface area contributed by atoms with Crippen LogP contribution in [0.4, 0.5) is 19.0 Å². The zero-order valence-corrected chi connectivity index (χ0v) is 22.5. The number of hydrogen-bond donors (Lipinski definition) is 2. The van der Waals surface area contributed by atoms with Crippen molar-refractivity contribution in [3.05, 3.63) is 65.1 Å². The number of pyridine rings is 1. The summed E-state index contributed by atoms with van der Waals surface area (Å²) >= 11 is 0. The number of nitrogens with one attached hydrogen (secondary N) is 1. The first-order valence-corrected chi connectivity index (χ1v) is 13.5. The molecule has 0 radical (unpaired) electrons. The molecule has 11 heteroatoms. The van der Waals surface area contributed by atoms with Crippen LogP contribution in [0, 0.1) is 5.92 Å². The van der Waals surface area contributed by atoms with Gasteiger partial charge in [0.2, 0.25) is 5.82 Å². The van der Waals surface area contributed by atoms with E-state index in [0.29, 0.717) is 34.3 Å². The Kier molecular flexibility index (Phi) is 7.48. The lowest BCUT2D eigenvalue weighted by molar-refractivity contribution is -0.137. The monoisotopic (exact) mass is 552 g/mol. The molecule has 8 nitrogen and oxygen atoms in total. The van der Waals surface area contributed by atoms with Crippen molar-refractivity contribution < 1.29 is 23.1 Å². The maximum absolute atomic E-state index is 13.2. The standard InChI is InChI=1S/C29H31F3N6O2/c1-4-16(2)20-12-13-33-22(14-20)27-37-25-23(38(27)15-18-8-10-21(11-9-18)29(30,31)32)24(35-26(36-25)28(39)40)34-17(3)19-6-5-7-19/h8-14,16-17,19H,4-7,15H2,1-3H3,(H,39,40)(H,34,35,36). The van der Waals surface area contributed by atoms with E-state index >= 15 is 0 Å². The van der Waals surface area contributed by atoms with Crippen LogP contribution in [0.1, 0.15) is 79.7 Å². The molecule has 1 aliphatic carbocycles. The normalized spacial score (nSPS) is 15.6. The predicted molar refractivity (Wildman–Crippen MR) is 145 cm³/mol. The largest absolute Gasteiger partial charge is 0.475 e. The average Bonchev–Trinajstić information content (AvgIpc) is 3.25. The van der Waals surface area contributed by atoms with Crippen molar-refractivity contribution >= 4 is 23.0 Å². The Morgan fingerprint density at radius 2 is 1.85 bits per heavy atom. The molecule has 0 amide bonds. The Bertz CT molecular complexity index is 1530. The molecule has 1 saturated carbocycles. The Labute approximate surface area is 229 Å². The number of halogens is 3. The lowest BCUT2D eigenvalue weighted by atomic mass is 9.80. The topological polar surface area (TPSA) is 106 Å². The molecule has 0 spiro atoms. The van der Waals surface area contributed by atoms with Gasteiger partial charge in [0.1, 0.15) is 11.2 Å². The summed E-state index contributed by atoms with van der Waals surface area (Å²) in [5, 5.41) is 13.1. The quantitative estimate of drug-likeness (QED) is 0.236. The van der Waals surface area contributed by atoms with E-state index in [1.54, 1.807) is 6.20 Å². The molecule has 2 N–H and O–H groups in total. The summed E-state index contributed by atoms with van der Waals surface area (Å²) in [5.41, 5.74) is 2.13. The number of alkyl halides is 3. The fourth-order valence-corrected chi connectivity index (χ4v) is 4.95. The molecule has 2 atom stereocenters. The van der Waals surface area contributed by atoms with Gasteiger partial charge in [-0.15, -0.1) is 0 Å². The number of anilines is 1. The highest BCUT2D eigenvalue weighted by Gasteiger charge is 2.31. The van der Waals surface area contributed by atoms with Crippen LogP contribution < -0.4 is 5.32 Å². The van der Waals surface area contributed by atoms with Crippen molar-refractivity contribution in [3.8, 4) is 11.5 Å². The van der Waals surface area contributed by atoms with Crippen LogP contribution in [-0.2, 0) is 12.7 Å². The highest BCUT2D eigenvalue weighted by molar-refractivity contribution is 5.92. The maximum atomic E-state index is 13.2. The number of carbonyl (C=O) groups is 1. The Balaban J connectivity index is 1.69. The third-order valence-electron chi connectivity index (χ3n) is 7.83. The van der Waals surface area contributed by atoms with Gasteiger partial charge in [0.15, 0.2) is 17.3 Å². The third-order valence-corrected chi connectivity index (χ3v) is 7.83. The van der Waals surface area contributed by atoms with Crippen LogP contribution in [0.5, 0.6) is 0 Å². The second-order valence-corrected chi connectivity index (χ2v) is 10.5. The van der Waals surface area contributed by atoms with Crippen LogP contribution in [0.3, 0.4) is 0 Å². The molecule has 0 bridgehead atoms. The number of aromatic nitrogens is 5. The second kappa shape index (κ2) is 10.9. The van der Waals surface area contributed by atoms with Gasteiger partial charge in [-0.05, 0) is 73.4 Å². The van der Waals surface area contributed by atoms with Gasteiger partial charge in [-0.1, -0.05) is 32.4 Å².